The minimum atomic E-state index is -0.878. The Balaban J connectivity index is 1.55. The Bertz CT molecular complexity index is 872. The molecule has 3 unspecified atom stereocenters. The van der Waals surface area contributed by atoms with E-state index in [1.165, 1.54) is 0 Å². The molecule has 1 aromatic carbocycles. The van der Waals surface area contributed by atoms with E-state index in [9.17, 15) is 23.2 Å². The van der Waals surface area contributed by atoms with E-state index in [1.54, 1.807) is 0 Å². The van der Waals surface area contributed by atoms with Crippen molar-refractivity contribution in [2.45, 2.75) is 37.4 Å². The molecule has 2 aliphatic rings. The van der Waals surface area contributed by atoms with Crippen LogP contribution in [0, 0.1) is 24.0 Å². The van der Waals surface area contributed by atoms with Gasteiger partial charge in [-0.2, -0.15) is 0 Å². The Morgan fingerprint density at radius 3 is 2.87 bits per heavy atom. The average Bonchev–Trinajstić information content (AvgIpc) is 3.12. The van der Waals surface area contributed by atoms with Gasteiger partial charge in [0.05, 0.1) is 18.3 Å². The van der Waals surface area contributed by atoms with Crippen molar-refractivity contribution < 1.29 is 23.2 Å². The highest BCUT2D eigenvalue weighted by Crippen LogP contribution is 2.26. The number of urea groups is 1. The molecule has 1 aromatic rings. The molecule has 4 amide bonds. The van der Waals surface area contributed by atoms with E-state index < -0.39 is 23.7 Å². The molecule has 8 nitrogen and oxygen atoms in total. The lowest BCUT2D eigenvalue weighted by atomic mass is 10.0. The minimum absolute atomic E-state index is 0.0475. The number of hydrogen-bond donors (Lipinski definition) is 4. The second kappa shape index (κ2) is 9.54. The summed E-state index contributed by atoms with van der Waals surface area (Å²) in [5, 5.41) is 10.5. The summed E-state index contributed by atoms with van der Waals surface area (Å²) in [6.45, 7) is 1.01. The summed E-state index contributed by atoms with van der Waals surface area (Å²) in [4.78, 5) is 38.2. The smallest absolute Gasteiger partial charge is 0.319 e. The van der Waals surface area contributed by atoms with Crippen molar-refractivity contribution in [1.82, 2.24) is 20.9 Å². The number of anilines is 1. The lowest BCUT2D eigenvalue weighted by Crippen LogP contribution is -2.58. The number of carbonyl (C=O) groups is 3. The number of piperazine rings is 1. The van der Waals surface area contributed by atoms with Crippen molar-refractivity contribution in [1.29, 1.82) is 0 Å². The van der Waals surface area contributed by atoms with Crippen LogP contribution in [0.1, 0.15) is 19.3 Å². The molecular weight excluding hydrogens is 396 g/mol. The van der Waals surface area contributed by atoms with Crippen molar-refractivity contribution in [2.75, 3.05) is 25.0 Å². The number of halogens is 2. The van der Waals surface area contributed by atoms with Gasteiger partial charge in [0.2, 0.25) is 11.8 Å². The fourth-order valence-electron chi connectivity index (χ4n) is 3.82. The quantitative estimate of drug-likeness (QED) is 0.506. The molecule has 0 aromatic heterocycles. The summed E-state index contributed by atoms with van der Waals surface area (Å²) >= 11 is 0. The van der Waals surface area contributed by atoms with Gasteiger partial charge in [0.1, 0.15) is 11.6 Å². The highest BCUT2D eigenvalue weighted by molar-refractivity contribution is 5.90. The summed E-state index contributed by atoms with van der Waals surface area (Å²) in [6, 6.07) is 1.43. The summed E-state index contributed by atoms with van der Waals surface area (Å²) in [5.41, 5.74) is -0.141. The van der Waals surface area contributed by atoms with Crippen molar-refractivity contribution >= 4 is 23.5 Å². The first-order valence-corrected chi connectivity index (χ1v) is 9.63. The molecule has 2 saturated heterocycles. The van der Waals surface area contributed by atoms with E-state index in [4.69, 9.17) is 6.42 Å². The van der Waals surface area contributed by atoms with Gasteiger partial charge in [-0.05, 0) is 25.0 Å². The predicted molar refractivity (Wildman–Crippen MR) is 105 cm³/mol. The molecular formula is C20H23F2N5O3. The number of nitrogens with one attached hydrogen (secondary N) is 4. The maximum Gasteiger partial charge on any atom is 0.319 e. The number of amides is 4. The lowest BCUT2D eigenvalue weighted by Gasteiger charge is -2.37. The molecule has 0 bridgehead atoms. The predicted octanol–water partition coefficient (Wildman–Crippen LogP) is 0.557. The molecule has 0 radical (unpaired) electrons. The summed E-state index contributed by atoms with van der Waals surface area (Å²) in [5.74, 6) is 0.437. The fraction of sp³-hybridized carbons (Fsp3) is 0.450. The highest BCUT2D eigenvalue weighted by Gasteiger charge is 2.43. The van der Waals surface area contributed by atoms with E-state index in [2.05, 4.69) is 27.2 Å². The SMILES string of the molecule is C#CCNC(=O)CCC1CNC(=O)C2CC(NC(=O)Nc3ccc(F)cc3F)CN12. The maximum absolute atomic E-state index is 13.7. The van der Waals surface area contributed by atoms with Gasteiger partial charge in [0.15, 0.2) is 0 Å². The first-order chi connectivity index (χ1) is 14.4. The Morgan fingerprint density at radius 1 is 1.33 bits per heavy atom. The monoisotopic (exact) mass is 419 g/mol. The zero-order chi connectivity index (χ0) is 21.7. The fourth-order valence-corrected chi connectivity index (χ4v) is 3.82. The Morgan fingerprint density at radius 2 is 2.13 bits per heavy atom. The minimum Gasteiger partial charge on any atom is -0.353 e. The van der Waals surface area contributed by atoms with E-state index in [1.807, 2.05) is 4.90 Å². The van der Waals surface area contributed by atoms with Crippen LogP contribution in [0.4, 0.5) is 19.3 Å². The molecule has 4 N–H and O–H groups in total. The topological polar surface area (TPSA) is 103 Å². The molecule has 30 heavy (non-hydrogen) atoms. The Hall–Kier alpha value is -3.19. The standard InChI is InChI=1S/C20H23F2N5O3/c1-2-7-23-18(28)6-4-14-10-24-19(29)17-9-13(11-27(14)17)25-20(30)26-16-5-3-12(21)8-15(16)22/h1,3,5,8,13-14,17H,4,6-7,9-11H2,(H,23,28)(H,24,29)(H2,25,26,30). The molecule has 160 valence electrons. The third-order valence-corrected chi connectivity index (χ3v) is 5.23. The van der Waals surface area contributed by atoms with Gasteiger partial charge in [-0.25, -0.2) is 13.6 Å². The van der Waals surface area contributed by atoms with Crippen LogP contribution < -0.4 is 21.3 Å². The Kier molecular flexibility index (Phi) is 6.84. The van der Waals surface area contributed by atoms with Gasteiger partial charge in [0.25, 0.3) is 0 Å². The first kappa shape index (κ1) is 21.5. The van der Waals surface area contributed by atoms with Crippen molar-refractivity contribution in [3.05, 3.63) is 29.8 Å². The van der Waals surface area contributed by atoms with Crippen LogP contribution in [-0.4, -0.2) is 60.5 Å². The van der Waals surface area contributed by atoms with Gasteiger partial charge < -0.3 is 21.3 Å². The molecule has 3 rings (SSSR count). The van der Waals surface area contributed by atoms with Crippen LogP contribution in [0.2, 0.25) is 0 Å². The van der Waals surface area contributed by atoms with Gasteiger partial charge in [0, 0.05) is 37.7 Å². The number of carbonyl (C=O) groups excluding carboxylic acids is 3. The Labute approximate surface area is 172 Å². The molecule has 10 heteroatoms. The van der Waals surface area contributed by atoms with E-state index in [0.717, 1.165) is 12.1 Å². The number of benzene rings is 1. The van der Waals surface area contributed by atoms with Gasteiger partial charge in [-0.15, -0.1) is 6.42 Å². The molecule has 2 heterocycles. The largest absolute Gasteiger partial charge is 0.353 e. The number of terminal acetylenes is 1. The number of nitrogens with zero attached hydrogens (tertiary/aromatic N) is 1. The van der Waals surface area contributed by atoms with Crippen LogP contribution in [0.15, 0.2) is 18.2 Å². The van der Waals surface area contributed by atoms with Crippen LogP contribution in [-0.2, 0) is 9.59 Å². The molecule has 0 saturated carbocycles. The lowest BCUT2D eigenvalue weighted by molar-refractivity contribution is -0.129. The number of rotatable bonds is 6. The van der Waals surface area contributed by atoms with Crippen LogP contribution in [0.25, 0.3) is 0 Å². The highest BCUT2D eigenvalue weighted by atomic mass is 19.1. The molecule has 3 atom stereocenters. The average molecular weight is 419 g/mol. The second-order valence-electron chi connectivity index (χ2n) is 7.29. The van der Waals surface area contributed by atoms with Crippen LogP contribution in [0.5, 0.6) is 0 Å². The molecule has 2 fully saturated rings. The molecule has 0 spiro atoms. The zero-order valence-electron chi connectivity index (χ0n) is 16.2. The normalized spacial score (nSPS) is 23.1. The maximum atomic E-state index is 13.7. The van der Waals surface area contributed by atoms with E-state index >= 15 is 0 Å². The van der Waals surface area contributed by atoms with Crippen molar-refractivity contribution in [2.24, 2.45) is 0 Å². The van der Waals surface area contributed by atoms with Gasteiger partial charge >= 0.3 is 6.03 Å². The van der Waals surface area contributed by atoms with Gasteiger partial charge in [-0.1, -0.05) is 5.92 Å². The number of hydrogen-bond acceptors (Lipinski definition) is 4. The summed E-state index contributed by atoms with van der Waals surface area (Å²) in [6.07, 6.45) is 6.32. The third-order valence-electron chi connectivity index (χ3n) is 5.23. The third kappa shape index (κ3) is 5.24. The molecule has 2 aliphatic heterocycles. The molecule has 0 aliphatic carbocycles. The van der Waals surface area contributed by atoms with Crippen LogP contribution in [0.3, 0.4) is 0 Å². The first-order valence-electron chi connectivity index (χ1n) is 9.63. The number of fused-ring (bicyclic) bond motifs is 1. The second-order valence-corrected chi connectivity index (χ2v) is 7.29. The van der Waals surface area contributed by atoms with Crippen molar-refractivity contribution in [3.63, 3.8) is 0 Å². The summed E-state index contributed by atoms with van der Waals surface area (Å²) < 4.78 is 26.7. The zero-order valence-corrected chi connectivity index (χ0v) is 16.2. The summed E-state index contributed by atoms with van der Waals surface area (Å²) in [7, 11) is 0. The van der Waals surface area contributed by atoms with Crippen molar-refractivity contribution in [3.8, 4) is 12.3 Å². The van der Waals surface area contributed by atoms with Crippen LogP contribution >= 0.6 is 0 Å². The van der Waals surface area contributed by atoms with Gasteiger partial charge in [-0.3, -0.25) is 14.5 Å². The van der Waals surface area contributed by atoms with E-state index in [-0.39, 0.29) is 42.6 Å². The van der Waals surface area contributed by atoms with E-state index in [0.29, 0.717) is 32.0 Å².